The lowest BCUT2D eigenvalue weighted by Gasteiger charge is -2.00. The van der Waals surface area contributed by atoms with Crippen molar-refractivity contribution in [1.82, 2.24) is 14.5 Å². The topological polar surface area (TPSA) is 42.7 Å². The molecule has 0 fully saturated rings. The monoisotopic (exact) mass is 176 g/mol. The van der Waals surface area contributed by atoms with E-state index in [1.165, 1.54) is 0 Å². The number of imidazole rings is 1. The summed E-state index contributed by atoms with van der Waals surface area (Å²) >= 11 is 0. The molecule has 0 aromatic carbocycles. The fourth-order valence-electron chi connectivity index (χ4n) is 1.34. The lowest BCUT2D eigenvalue weighted by atomic mass is 10.4. The minimum atomic E-state index is 0.871. The van der Waals surface area contributed by atoms with Gasteiger partial charge in [0.1, 0.15) is 5.52 Å². The molecule has 2 aromatic heterocycles. The summed E-state index contributed by atoms with van der Waals surface area (Å²) in [5, 5.41) is 3.18. The maximum absolute atomic E-state index is 4.39. The molecule has 68 valence electrons. The fourth-order valence-corrected chi connectivity index (χ4v) is 1.34. The molecule has 0 unspecified atom stereocenters. The number of anilines is 1. The van der Waals surface area contributed by atoms with Crippen molar-refractivity contribution in [3.63, 3.8) is 0 Å². The zero-order valence-corrected chi connectivity index (χ0v) is 7.78. The first-order valence-electron chi connectivity index (χ1n) is 4.34. The van der Waals surface area contributed by atoms with Crippen LogP contribution in [-0.2, 0) is 7.05 Å². The van der Waals surface area contributed by atoms with E-state index < -0.39 is 0 Å². The molecule has 0 aliphatic heterocycles. The van der Waals surface area contributed by atoms with Crippen molar-refractivity contribution in [2.24, 2.45) is 7.05 Å². The molecule has 0 saturated heterocycles. The van der Waals surface area contributed by atoms with Crippen molar-refractivity contribution < 1.29 is 0 Å². The average Bonchev–Trinajstić information content (AvgIpc) is 2.46. The summed E-state index contributed by atoms with van der Waals surface area (Å²) in [6.07, 6.45) is 1.78. The van der Waals surface area contributed by atoms with E-state index in [1.807, 2.05) is 30.7 Å². The molecule has 0 spiro atoms. The zero-order chi connectivity index (χ0) is 9.26. The van der Waals surface area contributed by atoms with Crippen molar-refractivity contribution in [1.29, 1.82) is 0 Å². The summed E-state index contributed by atoms with van der Waals surface area (Å²) in [7, 11) is 1.96. The van der Waals surface area contributed by atoms with Crippen LogP contribution < -0.4 is 5.32 Å². The summed E-state index contributed by atoms with van der Waals surface area (Å²) < 4.78 is 1.96. The first-order chi connectivity index (χ1) is 6.33. The Labute approximate surface area is 76.6 Å². The van der Waals surface area contributed by atoms with Crippen LogP contribution in [0.15, 0.2) is 18.3 Å². The highest BCUT2D eigenvalue weighted by molar-refractivity contribution is 5.74. The van der Waals surface area contributed by atoms with Crippen molar-refractivity contribution in [2.45, 2.75) is 6.92 Å². The van der Waals surface area contributed by atoms with E-state index >= 15 is 0 Å². The van der Waals surface area contributed by atoms with Crippen LogP contribution in [0.25, 0.3) is 11.2 Å². The van der Waals surface area contributed by atoms with Crippen LogP contribution in [0.1, 0.15) is 6.92 Å². The van der Waals surface area contributed by atoms with E-state index in [2.05, 4.69) is 15.3 Å². The van der Waals surface area contributed by atoms with Gasteiger partial charge in [-0.25, -0.2) is 9.97 Å². The van der Waals surface area contributed by atoms with Crippen molar-refractivity contribution >= 4 is 17.1 Å². The largest absolute Gasteiger partial charge is 0.356 e. The van der Waals surface area contributed by atoms with Gasteiger partial charge in [-0.15, -0.1) is 0 Å². The molecular formula is C9H12N4. The van der Waals surface area contributed by atoms with Gasteiger partial charge in [-0.1, -0.05) is 0 Å². The number of pyridine rings is 1. The first-order valence-corrected chi connectivity index (χ1v) is 4.34. The van der Waals surface area contributed by atoms with E-state index in [4.69, 9.17) is 0 Å². The van der Waals surface area contributed by atoms with Gasteiger partial charge in [0, 0.05) is 19.8 Å². The van der Waals surface area contributed by atoms with Crippen LogP contribution >= 0.6 is 0 Å². The average molecular weight is 176 g/mol. The van der Waals surface area contributed by atoms with Crippen molar-refractivity contribution in [3.05, 3.63) is 18.3 Å². The molecule has 2 aromatic rings. The van der Waals surface area contributed by atoms with Gasteiger partial charge in [0.2, 0.25) is 5.95 Å². The normalized spacial score (nSPS) is 10.6. The molecule has 2 rings (SSSR count). The highest BCUT2D eigenvalue weighted by Gasteiger charge is 2.05. The van der Waals surface area contributed by atoms with E-state index in [0.717, 1.165) is 23.7 Å². The number of hydrogen-bond acceptors (Lipinski definition) is 3. The van der Waals surface area contributed by atoms with Crippen LogP contribution in [0.3, 0.4) is 0 Å². The summed E-state index contributed by atoms with van der Waals surface area (Å²) in [6.45, 7) is 2.92. The van der Waals surface area contributed by atoms with Crippen LogP contribution in [0, 0.1) is 0 Å². The Morgan fingerprint density at radius 1 is 1.54 bits per heavy atom. The molecule has 0 aliphatic carbocycles. The highest BCUT2D eigenvalue weighted by atomic mass is 15.2. The summed E-state index contributed by atoms with van der Waals surface area (Å²) in [5.74, 6) is 0.871. The molecule has 0 saturated carbocycles. The molecule has 0 radical (unpaired) electrons. The molecular weight excluding hydrogens is 164 g/mol. The molecule has 0 atom stereocenters. The van der Waals surface area contributed by atoms with Gasteiger partial charge in [0.25, 0.3) is 0 Å². The second kappa shape index (κ2) is 3.05. The smallest absolute Gasteiger partial charge is 0.204 e. The van der Waals surface area contributed by atoms with Gasteiger partial charge in [-0.3, -0.25) is 4.57 Å². The van der Waals surface area contributed by atoms with Crippen molar-refractivity contribution in [3.8, 4) is 0 Å². The first kappa shape index (κ1) is 8.04. The molecule has 2 heterocycles. The van der Waals surface area contributed by atoms with Crippen LogP contribution in [0.5, 0.6) is 0 Å². The SMILES string of the molecule is CCNc1nc2cccnc2n1C. The van der Waals surface area contributed by atoms with Crippen LogP contribution in [0.4, 0.5) is 5.95 Å². The third kappa shape index (κ3) is 1.24. The Morgan fingerprint density at radius 2 is 2.38 bits per heavy atom. The van der Waals surface area contributed by atoms with Crippen LogP contribution in [-0.4, -0.2) is 21.1 Å². The molecule has 4 nitrogen and oxygen atoms in total. The van der Waals surface area contributed by atoms with E-state index in [0.29, 0.717) is 0 Å². The van der Waals surface area contributed by atoms with Gasteiger partial charge < -0.3 is 5.32 Å². The van der Waals surface area contributed by atoms with E-state index in [-0.39, 0.29) is 0 Å². The van der Waals surface area contributed by atoms with E-state index in [1.54, 1.807) is 6.20 Å². The predicted octanol–water partition coefficient (Wildman–Crippen LogP) is 1.40. The molecule has 4 heteroatoms. The van der Waals surface area contributed by atoms with Gasteiger partial charge in [-0.2, -0.15) is 0 Å². The predicted molar refractivity (Wildman–Crippen MR) is 52.7 cm³/mol. The minimum Gasteiger partial charge on any atom is -0.356 e. The molecule has 0 aliphatic rings. The third-order valence-corrected chi connectivity index (χ3v) is 1.96. The fraction of sp³-hybridized carbons (Fsp3) is 0.333. The Bertz CT molecular complexity index is 418. The number of nitrogens with one attached hydrogen (secondary N) is 1. The highest BCUT2D eigenvalue weighted by Crippen LogP contribution is 2.14. The third-order valence-electron chi connectivity index (χ3n) is 1.96. The summed E-state index contributed by atoms with van der Waals surface area (Å²) in [6, 6.07) is 3.86. The van der Waals surface area contributed by atoms with Gasteiger partial charge >= 0.3 is 0 Å². The zero-order valence-electron chi connectivity index (χ0n) is 7.78. The van der Waals surface area contributed by atoms with Gasteiger partial charge in [-0.05, 0) is 19.1 Å². The number of nitrogens with zero attached hydrogens (tertiary/aromatic N) is 3. The maximum Gasteiger partial charge on any atom is 0.204 e. The maximum atomic E-state index is 4.39. The quantitative estimate of drug-likeness (QED) is 0.752. The number of aryl methyl sites for hydroxylation is 1. The molecule has 13 heavy (non-hydrogen) atoms. The second-order valence-corrected chi connectivity index (χ2v) is 2.87. The van der Waals surface area contributed by atoms with Crippen LogP contribution in [0.2, 0.25) is 0 Å². The Hall–Kier alpha value is -1.58. The Morgan fingerprint density at radius 3 is 3.08 bits per heavy atom. The number of hydrogen-bond donors (Lipinski definition) is 1. The second-order valence-electron chi connectivity index (χ2n) is 2.87. The molecule has 1 N–H and O–H groups in total. The lowest BCUT2D eigenvalue weighted by molar-refractivity contribution is 0.922. The number of fused-ring (bicyclic) bond motifs is 1. The van der Waals surface area contributed by atoms with Gasteiger partial charge in [0.05, 0.1) is 0 Å². The lowest BCUT2D eigenvalue weighted by Crippen LogP contribution is -2.03. The number of aromatic nitrogens is 3. The standard InChI is InChI=1S/C9H12N4/c1-3-10-9-12-7-5-4-6-11-8(7)13(9)2/h4-6H,3H2,1-2H3,(H,10,12). The Kier molecular flexibility index (Phi) is 1.88. The Balaban J connectivity index is 2.60. The summed E-state index contributed by atoms with van der Waals surface area (Å²) in [5.41, 5.74) is 1.85. The summed E-state index contributed by atoms with van der Waals surface area (Å²) in [4.78, 5) is 8.64. The minimum absolute atomic E-state index is 0.871. The molecule has 0 bridgehead atoms. The van der Waals surface area contributed by atoms with E-state index in [9.17, 15) is 0 Å². The van der Waals surface area contributed by atoms with Crippen molar-refractivity contribution in [2.75, 3.05) is 11.9 Å². The molecule has 0 amide bonds. The van der Waals surface area contributed by atoms with Gasteiger partial charge in [0.15, 0.2) is 5.65 Å². The number of rotatable bonds is 2.